The number of methoxy groups -OCH3 is 2. The maximum absolute atomic E-state index is 10.4. The van der Waals surface area contributed by atoms with Gasteiger partial charge in [0.1, 0.15) is 17.2 Å². The number of para-hydroxylation sites is 1. The zero-order chi connectivity index (χ0) is 20.2. The van der Waals surface area contributed by atoms with Gasteiger partial charge in [0.15, 0.2) is 0 Å². The van der Waals surface area contributed by atoms with Gasteiger partial charge in [-0.05, 0) is 47.5 Å². The molecule has 0 aliphatic carbocycles. The monoisotopic (exact) mass is 386 g/mol. The van der Waals surface area contributed by atoms with E-state index in [9.17, 15) is 5.11 Å². The molecule has 0 aliphatic heterocycles. The van der Waals surface area contributed by atoms with Crippen molar-refractivity contribution in [2.45, 2.75) is 5.92 Å². The summed E-state index contributed by atoms with van der Waals surface area (Å²) < 4.78 is 10.6. The Bertz CT molecular complexity index is 1040. The second-order valence-electron chi connectivity index (χ2n) is 6.70. The highest BCUT2D eigenvalue weighted by Crippen LogP contribution is 2.40. The zero-order valence-electron chi connectivity index (χ0n) is 16.3. The first-order chi connectivity index (χ1) is 14.2. The van der Waals surface area contributed by atoms with Crippen LogP contribution in [0.1, 0.15) is 22.6 Å². The molecule has 0 atom stereocenters. The summed E-state index contributed by atoms with van der Waals surface area (Å²) in [6.45, 7) is 0. The Kier molecular flexibility index (Phi) is 5.20. The average Bonchev–Trinajstić information content (AvgIpc) is 3.24. The number of aromatic amines is 1. The first-order valence-corrected chi connectivity index (χ1v) is 9.30. The van der Waals surface area contributed by atoms with E-state index in [1.54, 1.807) is 26.4 Å². The first-order valence-electron chi connectivity index (χ1n) is 9.30. The maximum atomic E-state index is 10.4. The maximum Gasteiger partial charge on any atom is 0.124 e. The molecule has 0 saturated carbocycles. The molecule has 5 nitrogen and oxygen atoms in total. The van der Waals surface area contributed by atoms with E-state index in [1.165, 1.54) is 0 Å². The minimum absolute atomic E-state index is 0.0832. The summed E-state index contributed by atoms with van der Waals surface area (Å²) in [5.41, 5.74) is 4.66. The molecule has 0 radical (unpaired) electrons. The van der Waals surface area contributed by atoms with Crippen LogP contribution in [-0.2, 0) is 0 Å². The fraction of sp³-hybridized carbons (Fsp3) is 0.125. The second kappa shape index (κ2) is 8.10. The van der Waals surface area contributed by atoms with Gasteiger partial charge in [0.05, 0.1) is 26.1 Å². The van der Waals surface area contributed by atoms with Crippen molar-refractivity contribution in [3.8, 4) is 28.5 Å². The predicted molar refractivity (Wildman–Crippen MR) is 113 cm³/mol. The lowest BCUT2D eigenvalue weighted by molar-refractivity contribution is 0.414. The van der Waals surface area contributed by atoms with Crippen LogP contribution in [0.4, 0.5) is 0 Å². The van der Waals surface area contributed by atoms with Crippen molar-refractivity contribution in [1.29, 1.82) is 0 Å². The predicted octanol–water partition coefficient (Wildman–Crippen LogP) is 4.98. The van der Waals surface area contributed by atoms with E-state index < -0.39 is 0 Å². The Morgan fingerprint density at radius 2 is 1.34 bits per heavy atom. The van der Waals surface area contributed by atoms with Crippen LogP contribution in [0.3, 0.4) is 0 Å². The molecule has 0 amide bonds. The third-order valence-corrected chi connectivity index (χ3v) is 5.05. The fourth-order valence-electron chi connectivity index (χ4n) is 3.56. The van der Waals surface area contributed by atoms with E-state index in [4.69, 9.17) is 9.47 Å². The van der Waals surface area contributed by atoms with E-state index >= 15 is 0 Å². The lowest BCUT2D eigenvalue weighted by atomic mass is 9.84. The smallest absolute Gasteiger partial charge is 0.124 e. The highest BCUT2D eigenvalue weighted by atomic mass is 16.5. The highest BCUT2D eigenvalue weighted by molar-refractivity contribution is 5.71. The Balaban J connectivity index is 1.87. The molecule has 0 aliphatic rings. The largest absolute Gasteiger partial charge is 0.507 e. The Hall–Kier alpha value is -3.73. The van der Waals surface area contributed by atoms with Gasteiger partial charge in [-0.3, -0.25) is 5.10 Å². The van der Waals surface area contributed by atoms with Crippen molar-refractivity contribution in [3.63, 3.8) is 0 Å². The van der Waals surface area contributed by atoms with Crippen molar-refractivity contribution >= 4 is 0 Å². The summed E-state index contributed by atoms with van der Waals surface area (Å²) in [7, 11) is 3.31. The number of phenolic OH excluding ortho intramolecular Hbond substituents is 1. The molecule has 4 rings (SSSR count). The second-order valence-corrected chi connectivity index (χ2v) is 6.70. The molecule has 0 spiro atoms. The molecular formula is C24H22N2O3. The van der Waals surface area contributed by atoms with Gasteiger partial charge in [-0.15, -0.1) is 0 Å². The van der Waals surface area contributed by atoms with Gasteiger partial charge >= 0.3 is 0 Å². The fourth-order valence-corrected chi connectivity index (χ4v) is 3.56. The van der Waals surface area contributed by atoms with Crippen molar-refractivity contribution in [1.82, 2.24) is 10.2 Å². The molecule has 1 heterocycles. The summed E-state index contributed by atoms with van der Waals surface area (Å²) in [5, 5.41) is 17.7. The third-order valence-electron chi connectivity index (χ3n) is 5.05. The number of aromatic hydroxyl groups is 1. The molecule has 0 bridgehead atoms. The van der Waals surface area contributed by atoms with Crippen LogP contribution in [0.5, 0.6) is 17.2 Å². The third kappa shape index (κ3) is 3.67. The quantitative estimate of drug-likeness (QED) is 0.490. The molecular weight excluding hydrogens is 364 g/mol. The summed E-state index contributed by atoms with van der Waals surface area (Å²) >= 11 is 0. The van der Waals surface area contributed by atoms with Gasteiger partial charge in [0, 0.05) is 17.0 Å². The Labute approximate surface area is 169 Å². The molecule has 29 heavy (non-hydrogen) atoms. The molecule has 0 unspecified atom stereocenters. The van der Waals surface area contributed by atoms with E-state index in [1.807, 2.05) is 42.6 Å². The van der Waals surface area contributed by atoms with Crippen molar-refractivity contribution in [2.75, 3.05) is 14.2 Å². The minimum Gasteiger partial charge on any atom is -0.507 e. The summed E-state index contributed by atoms with van der Waals surface area (Å²) in [4.78, 5) is 0. The van der Waals surface area contributed by atoms with E-state index in [-0.39, 0.29) is 11.7 Å². The van der Waals surface area contributed by atoms with E-state index in [2.05, 4.69) is 34.5 Å². The lowest BCUT2D eigenvalue weighted by Crippen LogP contribution is -2.04. The SMILES string of the molecule is COc1ccc(C(c2ccc(OC)cc2)c2cn[nH]c2-c2ccccc2O)cc1. The Morgan fingerprint density at radius 3 is 1.86 bits per heavy atom. The molecule has 0 saturated heterocycles. The number of benzene rings is 3. The molecule has 2 N–H and O–H groups in total. The topological polar surface area (TPSA) is 67.4 Å². The number of nitrogens with zero attached hydrogens (tertiary/aromatic N) is 1. The van der Waals surface area contributed by atoms with Gasteiger partial charge in [-0.25, -0.2) is 0 Å². The van der Waals surface area contributed by atoms with Crippen molar-refractivity contribution < 1.29 is 14.6 Å². The van der Waals surface area contributed by atoms with Crippen LogP contribution in [0.25, 0.3) is 11.3 Å². The first kappa shape index (κ1) is 18.6. The van der Waals surface area contributed by atoms with E-state index in [0.29, 0.717) is 5.56 Å². The summed E-state index contributed by atoms with van der Waals surface area (Å²) in [6, 6.07) is 23.3. The van der Waals surface area contributed by atoms with Crippen LogP contribution in [0, 0.1) is 0 Å². The van der Waals surface area contributed by atoms with Crippen molar-refractivity contribution in [2.24, 2.45) is 0 Å². The highest BCUT2D eigenvalue weighted by Gasteiger charge is 2.23. The molecule has 5 heteroatoms. The van der Waals surface area contributed by atoms with Crippen LogP contribution in [0.15, 0.2) is 79.0 Å². The van der Waals surface area contributed by atoms with Gasteiger partial charge < -0.3 is 14.6 Å². The number of rotatable bonds is 6. The lowest BCUT2D eigenvalue weighted by Gasteiger charge is -2.20. The molecule has 3 aromatic carbocycles. The molecule has 4 aromatic rings. The van der Waals surface area contributed by atoms with Gasteiger partial charge in [0.25, 0.3) is 0 Å². The number of aromatic nitrogens is 2. The molecule has 1 aromatic heterocycles. The summed E-state index contributed by atoms with van der Waals surface area (Å²) in [6.07, 6.45) is 1.82. The number of H-pyrrole nitrogens is 1. The van der Waals surface area contributed by atoms with Gasteiger partial charge in [-0.2, -0.15) is 5.10 Å². The number of nitrogens with one attached hydrogen (secondary N) is 1. The van der Waals surface area contributed by atoms with Gasteiger partial charge in [-0.1, -0.05) is 36.4 Å². The normalized spacial score (nSPS) is 10.9. The number of hydrogen-bond donors (Lipinski definition) is 2. The number of hydrogen-bond acceptors (Lipinski definition) is 4. The molecule has 0 fully saturated rings. The summed E-state index contributed by atoms with van der Waals surface area (Å²) in [5.74, 6) is 1.73. The Morgan fingerprint density at radius 1 is 0.793 bits per heavy atom. The molecule has 146 valence electrons. The standard InChI is InChI=1S/C24H22N2O3/c1-28-18-11-7-16(8-12-18)23(17-9-13-19(29-2)14-10-17)21-15-25-26-24(21)20-5-3-4-6-22(20)27/h3-15,23,27H,1-2H3,(H,25,26). The van der Waals surface area contributed by atoms with Crippen molar-refractivity contribution in [3.05, 3.63) is 95.7 Å². The van der Waals surface area contributed by atoms with Gasteiger partial charge in [0.2, 0.25) is 0 Å². The van der Waals surface area contributed by atoms with Crippen LogP contribution in [0.2, 0.25) is 0 Å². The number of phenols is 1. The minimum atomic E-state index is -0.0832. The zero-order valence-corrected chi connectivity index (χ0v) is 16.3. The van der Waals surface area contributed by atoms with Crippen LogP contribution in [-0.4, -0.2) is 29.5 Å². The van der Waals surface area contributed by atoms with Crippen LogP contribution < -0.4 is 9.47 Å². The average molecular weight is 386 g/mol. The number of ether oxygens (including phenoxy) is 2. The van der Waals surface area contributed by atoms with Crippen LogP contribution >= 0.6 is 0 Å². The van der Waals surface area contributed by atoms with E-state index in [0.717, 1.165) is 33.9 Å².